The molecule has 2 rings (SSSR count). The first-order valence-electron chi connectivity index (χ1n) is 8.02. The Morgan fingerprint density at radius 2 is 1.72 bits per heavy atom. The van der Waals surface area contributed by atoms with Gasteiger partial charge in [-0.15, -0.1) is 0 Å². The summed E-state index contributed by atoms with van der Waals surface area (Å²) in [7, 11) is 3.09. The van der Waals surface area contributed by atoms with Gasteiger partial charge in [-0.2, -0.15) is 0 Å². The van der Waals surface area contributed by atoms with Gasteiger partial charge in [-0.3, -0.25) is 4.79 Å². The highest BCUT2D eigenvalue weighted by Gasteiger charge is 2.12. The molecule has 0 fully saturated rings. The van der Waals surface area contributed by atoms with Crippen LogP contribution >= 0.6 is 0 Å². The Morgan fingerprint density at radius 3 is 2.32 bits per heavy atom. The fraction of sp³-hybridized carbons (Fsp3) is 0.300. The largest absolute Gasteiger partial charge is 0.484 e. The highest BCUT2D eigenvalue weighted by Crippen LogP contribution is 2.14. The summed E-state index contributed by atoms with van der Waals surface area (Å²) >= 11 is 0. The highest BCUT2D eigenvalue weighted by atomic mass is 16.5. The second-order valence-electron chi connectivity index (χ2n) is 5.98. The molecule has 0 spiro atoms. The van der Waals surface area contributed by atoms with Crippen molar-refractivity contribution in [3.8, 4) is 5.75 Å². The summed E-state index contributed by atoms with van der Waals surface area (Å²) in [4.78, 5) is 25.3. The van der Waals surface area contributed by atoms with Gasteiger partial charge in [0.15, 0.2) is 6.61 Å². The fourth-order valence-corrected chi connectivity index (χ4v) is 2.43. The SMILES string of the molecule is COC(=O)c1ccc(OCC(=O)N(C)Cc2ccc(C)cc2C)cc1. The van der Waals surface area contributed by atoms with Crippen LogP contribution in [0.4, 0.5) is 0 Å². The predicted octanol–water partition coefficient (Wildman–Crippen LogP) is 3.13. The number of nitrogens with zero attached hydrogens (tertiary/aromatic N) is 1. The summed E-state index contributed by atoms with van der Waals surface area (Å²) in [6, 6.07) is 12.7. The number of benzene rings is 2. The van der Waals surface area contributed by atoms with E-state index in [0.717, 1.165) is 5.56 Å². The van der Waals surface area contributed by atoms with Gasteiger partial charge in [-0.25, -0.2) is 4.79 Å². The molecule has 0 aliphatic carbocycles. The van der Waals surface area contributed by atoms with Crippen molar-refractivity contribution in [1.82, 2.24) is 4.90 Å². The lowest BCUT2D eigenvalue weighted by Crippen LogP contribution is -2.31. The third-order valence-electron chi connectivity index (χ3n) is 3.97. The molecule has 1 amide bonds. The van der Waals surface area contributed by atoms with Gasteiger partial charge in [0.1, 0.15) is 5.75 Å². The molecule has 0 aromatic heterocycles. The maximum atomic E-state index is 12.2. The van der Waals surface area contributed by atoms with E-state index < -0.39 is 5.97 Å². The molecule has 0 bridgehead atoms. The zero-order valence-corrected chi connectivity index (χ0v) is 15.0. The van der Waals surface area contributed by atoms with E-state index in [-0.39, 0.29) is 12.5 Å². The number of amides is 1. The minimum Gasteiger partial charge on any atom is -0.484 e. The molecular formula is C20H23NO4. The molecule has 0 aliphatic heterocycles. The molecular weight excluding hydrogens is 318 g/mol. The molecule has 0 saturated carbocycles. The molecule has 2 aromatic rings. The average Bonchev–Trinajstić information content (AvgIpc) is 2.61. The highest BCUT2D eigenvalue weighted by molar-refractivity contribution is 5.89. The number of rotatable bonds is 6. The van der Waals surface area contributed by atoms with E-state index in [1.165, 1.54) is 18.2 Å². The summed E-state index contributed by atoms with van der Waals surface area (Å²) in [6.45, 7) is 4.57. The Balaban J connectivity index is 1.89. The number of carbonyl (C=O) groups excluding carboxylic acids is 2. The number of esters is 1. The second-order valence-corrected chi connectivity index (χ2v) is 5.98. The number of likely N-dealkylation sites (N-methyl/N-ethyl adjacent to an activating group) is 1. The van der Waals surface area contributed by atoms with Crippen LogP contribution in [0.15, 0.2) is 42.5 Å². The van der Waals surface area contributed by atoms with Crippen molar-refractivity contribution in [1.29, 1.82) is 0 Å². The van der Waals surface area contributed by atoms with E-state index in [0.29, 0.717) is 17.9 Å². The van der Waals surface area contributed by atoms with Crippen LogP contribution in [0.5, 0.6) is 5.75 Å². The smallest absolute Gasteiger partial charge is 0.337 e. The van der Waals surface area contributed by atoms with Gasteiger partial charge < -0.3 is 14.4 Å². The molecule has 0 saturated heterocycles. The molecule has 0 atom stereocenters. The third-order valence-corrected chi connectivity index (χ3v) is 3.97. The predicted molar refractivity (Wildman–Crippen MR) is 95.7 cm³/mol. The Morgan fingerprint density at radius 1 is 1.04 bits per heavy atom. The molecule has 5 nitrogen and oxygen atoms in total. The van der Waals surface area contributed by atoms with E-state index in [2.05, 4.69) is 10.8 Å². The maximum absolute atomic E-state index is 12.2. The van der Waals surface area contributed by atoms with Crippen molar-refractivity contribution >= 4 is 11.9 Å². The van der Waals surface area contributed by atoms with E-state index in [9.17, 15) is 9.59 Å². The molecule has 2 aromatic carbocycles. The molecule has 0 aliphatic rings. The van der Waals surface area contributed by atoms with Crippen LogP contribution in [-0.2, 0) is 16.1 Å². The van der Waals surface area contributed by atoms with Crippen LogP contribution in [0.1, 0.15) is 27.0 Å². The van der Waals surface area contributed by atoms with Crippen LogP contribution < -0.4 is 4.74 Å². The summed E-state index contributed by atoms with van der Waals surface area (Å²) in [6.07, 6.45) is 0. The average molecular weight is 341 g/mol. The first-order chi connectivity index (χ1) is 11.9. The van der Waals surface area contributed by atoms with E-state index in [1.807, 2.05) is 26.0 Å². The molecule has 132 valence electrons. The van der Waals surface area contributed by atoms with Crippen molar-refractivity contribution < 1.29 is 19.1 Å². The Labute approximate surface area is 148 Å². The fourth-order valence-electron chi connectivity index (χ4n) is 2.43. The minimum absolute atomic E-state index is 0.0566. The lowest BCUT2D eigenvalue weighted by atomic mass is 10.1. The topological polar surface area (TPSA) is 55.8 Å². The first kappa shape index (κ1) is 18.5. The number of carbonyl (C=O) groups is 2. The number of ether oxygens (including phenoxy) is 2. The van der Waals surface area contributed by atoms with Gasteiger partial charge in [0.05, 0.1) is 12.7 Å². The van der Waals surface area contributed by atoms with Crippen molar-refractivity contribution in [3.63, 3.8) is 0 Å². The Kier molecular flexibility index (Phi) is 6.17. The van der Waals surface area contributed by atoms with E-state index >= 15 is 0 Å². The van der Waals surface area contributed by atoms with Crippen LogP contribution in [0.25, 0.3) is 0 Å². The number of methoxy groups -OCH3 is 1. The summed E-state index contributed by atoms with van der Waals surface area (Å²) < 4.78 is 10.1. The van der Waals surface area contributed by atoms with Crippen LogP contribution in [0, 0.1) is 13.8 Å². The molecule has 0 radical (unpaired) electrons. The van der Waals surface area contributed by atoms with Crippen LogP contribution in [0.3, 0.4) is 0 Å². The standard InChI is InChI=1S/C20H23NO4/c1-14-5-6-17(15(2)11-14)12-21(3)19(22)13-25-18-9-7-16(8-10-18)20(23)24-4/h5-11H,12-13H2,1-4H3. The van der Waals surface area contributed by atoms with Gasteiger partial charge in [-0.05, 0) is 49.2 Å². The second kappa shape index (κ2) is 8.33. The lowest BCUT2D eigenvalue weighted by Gasteiger charge is -2.19. The molecule has 25 heavy (non-hydrogen) atoms. The van der Waals surface area contributed by atoms with Crippen molar-refractivity contribution in [2.45, 2.75) is 20.4 Å². The third kappa shape index (κ3) is 5.08. The Hall–Kier alpha value is -2.82. The summed E-state index contributed by atoms with van der Waals surface area (Å²) in [5, 5.41) is 0. The number of hydrogen-bond acceptors (Lipinski definition) is 4. The zero-order chi connectivity index (χ0) is 18.4. The molecule has 0 N–H and O–H groups in total. The Bertz CT molecular complexity index is 753. The molecule has 5 heteroatoms. The molecule has 0 unspecified atom stereocenters. The van der Waals surface area contributed by atoms with Gasteiger partial charge >= 0.3 is 5.97 Å². The van der Waals surface area contributed by atoms with Crippen LogP contribution in [0.2, 0.25) is 0 Å². The number of hydrogen-bond donors (Lipinski definition) is 0. The van der Waals surface area contributed by atoms with E-state index in [1.54, 1.807) is 36.2 Å². The van der Waals surface area contributed by atoms with Crippen molar-refractivity contribution in [2.75, 3.05) is 20.8 Å². The van der Waals surface area contributed by atoms with E-state index in [4.69, 9.17) is 4.74 Å². The summed E-state index contributed by atoms with van der Waals surface area (Å²) in [5.41, 5.74) is 3.92. The van der Waals surface area contributed by atoms with Gasteiger partial charge in [0.2, 0.25) is 0 Å². The van der Waals surface area contributed by atoms with Gasteiger partial charge in [-0.1, -0.05) is 23.8 Å². The van der Waals surface area contributed by atoms with Crippen LogP contribution in [-0.4, -0.2) is 37.5 Å². The maximum Gasteiger partial charge on any atom is 0.337 e. The van der Waals surface area contributed by atoms with Crippen molar-refractivity contribution in [2.24, 2.45) is 0 Å². The monoisotopic (exact) mass is 341 g/mol. The minimum atomic E-state index is -0.407. The molecule has 0 heterocycles. The summed E-state index contributed by atoms with van der Waals surface area (Å²) in [5.74, 6) is 0.00812. The normalized spacial score (nSPS) is 10.2. The first-order valence-corrected chi connectivity index (χ1v) is 8.02. The quantitative estimate of drug-likeness (QED) is 0.758. The van der Waals surface area contributed by atoms with Crippen molar-refractivity contribution in [3.05, 3.63) is 64.7 Å². The van der Waals surface area contributed by atoms with Gasteiger partial charge in [0.25, 0.3) is 5.91 Å². The zero-order valence-electron chi connectivity index (χ0n) is 15.0. The lowest BCUT2D eigenvalue weighted by molar-refractivity contribution is -0.132. The van der Waals surface area contributed by atoms with Gasteiger partial charge in [0, 0.05) is 13.6 Å². The number of aryl methyl sites for hydroxylation is 2.